The standard InChI is InChI=1S/C20H21N5O2/c1-24-8-10-25(11-9-24)18-7-6-14(13-21-18)22-20(27)16-12-19(26)23-17-5-3-2-4-15(16)17/h2-7,12-13H,8-11H2,1H3,(H,22,27)(H,23,26). The molecule has 7 nitrogen and oxygen atoms in total. The molecule has 4 rings (SSSR count). The number of carbonyl (C=O) groups excluding carboxylic acids is 1. The first kappa shape index (κ1) is 17.2. The van der Waals surface area contributed by atoms with E-state index in [9.17, 15) is 9.59 Å². The summed E-state index contributed by atoms with van der Waals surface area (Å²) in [6.45, 7) is 3.90. The van der Waals surface area contributed by atoms with Gasteiger partial charge in [-0.15, -0.1) is 0 Å². The van der Waals surface area contributed by atoms with Crippen LogP contribution in [0.5, 0.6) is 0 Å². The number of aromatic nitrogens is 2. The van der Waals surface area contributed by atoms with E-state index in [4.69, 9.17) is 0 Å². The van der Waals surface area contributed by atoms with Crippen LogP contribution in [0.2, 0.25) is 0 Å². The van der Waals surface area contributed by atoms with Gasteiger partial charge in [0.15, 0.2) is 0 Å². The first-order valence-corrected chi connectivity index (χ1v) is 8.93. The summed E-state index contributed by atoms with van der Waals surface area (Å²) in [5.74, 6) is 0.578. The molecular formula is C20H21N5O2. The zero-order valence-electron chi connectivity index (χ0n) is 15.1. The van der Waals surface area contributed by atoms with Crippen molar-refractivity contribution in [2.24, 2.45) is 0 Å². The third-order valence-electron chi connectivity index (χ3n) is 4.83. The van der Waals surface area contributed by atoms with E-state index in [0.717, 1.165) is 32.0 Å². The third kappa shape index (κ3) is 3.68. The molecule has 1 saturated heterocycles. The average Bonchev–Trinajstić information content (AvgIpc) is 2.68. The molecule has 1 fully saturated rings. The van der Waals surface area contributed by atoms with E-state index >= 15 is 0 Å². The zero-order valence-corrected chi connectivity index (χ0v) is 15.1. The molecule has 7 heteroatoms. The van der Waals surface area contributed by atoms with Crippen molar-refractivity contribution >= 4 is 28.3 Å². The normalized spacial score (nSPS) is 15.1. The maximum Gasteiger partial charge on any atom is 0.256 e. The lowest BCUT2D eigenvalue weighted by Gasteiger charge is -2.33. The van der Waals surface area contributed by atoms with E-state index in [1.54, 1.807) is 12.3 Å². The summed E-state index contributed by atoms with van der Waals surface area (Å²) in [7, 11) is 2.11. The fourth-order valence-electron chi connectivity index (χ4n) is 3.27. The SMILES string of the molecule is CN1CCN(c2ccc(NC(=O)c3cc(=O)[nH]c4ccccc34)cn2)CC1. The third-order valence-corrected chi connectivity index (χ3v) is 4.83. The number of pyridine rings is 2. The van der Waals surface area contributed by atoms with Gasteiger partial charge in [-0.25, -0.2) is 4.98 Å². The number of hydrogen-bond acceptors (Lipinski definition) is 5. The minimum absolute atomic E-state index is 0.303. The summed E-state index contributed by atoms with van der Waals surface area (Å²) in [5.41, 5.74) is 1.28. The highest BCUT2D eigenvalue weighted by atomic mass is 16.2. The van der Waals surface area contributed by atoms with Crippen molar-refractivity contribution in [3.8, 4) is 0 Å². The largest absolute Gasteiger partial charge is 0.354 e. The minimum atomic E-state index is -0.327. The number of carbonyl (C=O) groups is 1. The molecule has 1 aromatic carbocycles. The predicted octanol–water partition coefficient (Wildman–Crippen LogP) is 1.93. The molecule has 3 aromatic rings. The smallest absolute Gasteiger partial charge is 0.256 e. The Hall–Kier alpha value is -3.19. The maximum atomic E-state index is 12.7. The molecule has 0 bridgehead atoms. The molecule has 3 heterocycles. The molecule has 0 unspecified atom stereocenters. The monoisotopic (exact) mass is 363 g/mol. The van der Waals surface area contributed by atoms with E-state index in [1.165, 1.54) is 6.07 Å². The van der Waals surface area contributed by atoms with Gasteiger partial charge in [0.2, 0.25) is 5.56 Å². The summed E-state index contributed by atoms with van der Waals surface area (Å²) in [5, 5.41) is 3.54. The van der Waals surface area contributed by atoms with Gasteiger partial charge < -0.3 is 20.1 Å². The molecule has 1 aliphatic heterocycles. The summed E-state index contributed by atoms with van der Waals surface area (Å²) in [6, 6.07) is 12.3. The number of piperazine rings is 1. The highest BCUT2D eigenvalue weighted by Crippen LogP contribution is 2.19. The van der Waals surface area contributed by atoms with Crippen LogP contribution in [-0.4, -0.2) is 54.0 Å². The molecule has 2 aromatic heterocycles. The molecule has 2 N–H and O–H groups in total. The summed E-state index contributed by atoms with van der Waals surface area (Å²) < 4.78 is 0. The molecule has 0 spiro atoms. The Bertz CT molecular complexity index is 1020. The highest BCUT2D eigenvalue weighted by molar-refractivity contribution is 6.12. The lowest BCUT2D eigenvalue weighted by Crippen LogP contribution is -2.44. The molecule has 0 atom stereocenters. The van der Waals surface area contributed by atoms with Crippen molar-refractivity contribution in [1.82, 2.24) is 14.9 Å². The topological polar surface area (TPSA) is 81.3 Å². The van der Waals surface area contributed by atoms with Gasteiger partial charge in [0.25, 0.3) is 5.91 Å². The number of nitrogens with zero attached hydrogens (tertiary/aromatic N) is 3. The Balaban J connectivity index is 1.53. The number of hydrogen-bond donors (Lipinski definition) is 2. The molecule has 138 valence electrons. The van der Waals surface area contributed by atoms with Crippen LogP contribution in [0.25, 0.3) is 10.9 Å². The van der Waals surface area contributed by atoms with Crippen LogP contribution in [-0.2, 0) is 0 Å². The summed E-state index contributed by atoms with van der Waals surface area (Å²) >= 11 is 0. The quantitative estimate of drug-likeness (QED) is 0.743. The molecule has 0 saturated carbocycles. The van der Waals surface area contributed by atoms with Gasteiger partial charge in [-0.05, 0) is 25.2 Å². The molecule has 0 radical (unpaired) electrons. The number of likely N-dealkylation sites (N-methyl/N-ethyl adjacent to an activating group) is 1. The Morgan fingerprint density at radius 1 is 1.11 bits per heavy atom. The molecule has 1 aliphatic rings. The average molecular weight is 363 g/mol. The lowest BCUT2D eigenvalue weighted by molar-refractivity contribution is 0.102. The Morgan fingerprint density at radius 3 is 2.63 bits per heavy atom. The van der Waals surface area contributed by atoms with E-state index in [-0.39, 0.29) is 11.5 Å². The number of anilines is 2. The number of nitrogens with one attached hydrogen (secondary N) is 2. The number of para-hydroxylation sites is 1. The predicted molar refractivity (Wildman–Crippen MR) is 106 cm³/mol. The van der Waals surface area contributed by atoms with Gasteiger partial charge in [-0.1, -0.05) is 18.2 Å². The van der Waals surface area contributed by atoms with Crippen molar-refractivity contribution in [1.29, 1.82) is 0 Å². The number of rotatable bonds is 3. The van der Waals surface area contributed by atoms with Gasteiger partial charge in [0.05, 0.1) is 17.4 Å². The van der Waals surface area contributed by atoms with E-state index in [0.29, 0.717) is 22.2 Å². The maximum absolute atomic E-state index is 12.7. The van der Waals surface area contributed by atoms with E-state index < -0.39 is 0 Å². The van der Waals surface area contributed by atoms with Gasteiger partial charge in [-0.2, -0.15) is 0 Å². The second-order valence-corrected chi connectivity index (χ2v) is 6.74. The second kappa shape index (κ2) is 7.20. The van der Waals surface area contributed by atoms with Crippen molar-refractivity contribution in [3.63, 3.8) is 0 Å². The van der Waals surface area contributed by atoms with Crippen molar-refractivity contribution in [2.45, 2.75) is 0 Å². The molecular weight excluding hydrogens is 342 g/mol. The van der Waals surface area contributed by atoms with Crippen molar-refractivity contribution in [2.75, 3.05) is 43.4 Å². The van der Waals surface area contributed by atoms with Gasteiger partial charge in [-0.3, -0.25) is 9.59 Å². The number of amides is 1. The van der Waals surface area contributed by atoms with Gasteiger partial charge >= 0.3 is 0 Å². The summed E-state index contributed by atoms with van der Waals surface area (Å²) in [4.78, 5) is 36.3. The zero-order chi connectivity index (χ0) is 18.8. The lowest BCUT2D eigenvalue weighted by atomic mass is 10.1. The van der Waals surface area contributed by atoms with Gasteiger partial charge in [0.1, 0.15) is 5.82 Å². The Kier molecular flexibility index (Phi) is 4.60. The van der Waals surface area contributed by atoms with Crippen LogP contribution < -0.4 is 15.8 Å². The summed E-state index contributed by atoms with van der Waals surface area (Å²) in [6.07, 6.45) is 1.65. The fraction of sp³-hybridized carbons (Fsp3) is 0.250. The Labute approximate surface area is 156 Å². The molecule has 1 amide bonds. The van der Waals surface area contributed by atoms with Crippen LogP contribution in [0.1, 0.15) is 10.4 Å². The number of fused-ring (bicyclic) bond motifs is 1. The number of aromatic amines is 1. The van der Waals surface area contributed by atoms with Crippen LogP contribution >= 0.6 is 0 Å². The molecule has 27 heavy (non-hydrogen) atoms. The van der Waals surface area contributed by atoms with E-state index in [2.05, 4.69) is 32.1 Å². The number of H-pyrrole nitrogens is 1. The van der Waals surface area contributed by atoms with Gasteiger partial charge in [0, 0.05) is 43.1 Å². The van der Waals surface area contributed by atoms with Crippen LogP contribution in [0, 0.1) is 0 Å². The van der Waals surface area contributed by atoms with Crippen LogP contribution in [0.15, 0.2) is 53.5 Å². The van der Waals surface area contributed by atoms with Crippen molar-refractivity contribution < 1.29 is 4.79 Å². The second-order valence-electron chi connectivity index (χ2n) is 6.74. The van der Waals surface area contributed by atoms with E-state index in [1.807, 2.05) is 30.3 Å². The van der Waals surface area contributed by atoms with Crippen LogP contribution in [0.4, 0.5) is 11.5 Å². The fourth-order valence-corrected chi connectivity index (χ4v) is 3.27. The highest BCUT2D eigenvalue weighted by Gasteiger charge is 2.16. The first-order chi connectivity index (χ1) is 13.1. The Morgan fingerprint density at radius 2 is 1.89 bits per heavy atom. The number of benzene rings is 1. The minimum Gasteiger partial charge on any atom is -0.354 e. The molecule has 0 aliphatic carbocycles. The van der Waals surface area contributed by atoms with Crippen LogP contribution in [0.3, 0.4) is 0 Å². The first-order valence-electron chi connectivity index (χ1n) is 8.93. The van der Waals surface area contributed by atoms with Crippen molar-refractivity contribution in [3.05, 3.63) is 64.6 Å².